The van der Waals surface area contributed by atoms with Gasteiger partial charge in [0.05, 0.1) is 36.6 Å². The molecule has 1 aromatic heterocycles. The van der Waals surface area contributed by atoms with Gasteiger partial charge in [-0.15, -0.1) is 0 Å². The first-order valence-electron chi connectivity index (χ1n) is 20.6. The van der Waals surface area contributed by atoms with Crippen LogP contribution in [0.15, 0.2) is 66.9 Å². The van der Waals surface area contributed by atoms with Crippen LogP contribution in [0.5, 0.6) is 11.5 Å². The molecule has 5 rings (SSSR count). The van der Waals surface area contributed by atoms with E-state index in [9.17, 15) is 14.4 Å². The number of piperidine rings is 1. The highest BCUT2D eigenvalue weighted by molar-refractivity contribution is 6.31. The molecule has 3 aromatic carbocycles. The number of halogens is 3. The van der Waals surface area contributed by atoms with Crippen LogP contribution < -0.4 is 15.4 Å². The molecular formula is C46H60Cl2FN7O6. The Bertz CT molecular complexity index is 2200. The highest BCUT2D eigenvalue weighted by atomic mass is 35.5. The van der Waals surface area contributed by atoms with Crippen molar-refractivity contribution in [3.05, 3.63) is 99.7 Å². The Labute approximate surface area is 374 Å². The van der Waals surface area contributed by atoms with Crippen molar-refractivity contribution in [2.75, 3.05) is 47.9 Å². The van der Waals surface area contributed by atoms with Crippen molar-refractivity contribution in [2.24, 2.45) is 7.05 Å². The van der Waals surface area contributed by atoms with Crippen LogP contribution in [0.3, 0.4) is 0 Å². The van der Waals surface area contributed by atoms with Gasteiger partial charge in [0.2, 0.25) is 5.91 Å². The first-order valence-corrected chi connectivity index (χ1v) is 21.4. The lowest BCUT2D eigenvalue weighted by Crippen LogP contribution is -2.69. The predicted molar refractivity (Wildman–Crippen MR) is 240 cm³/mol. The molecule has 0 saturated carbocycles. The summed E-state index contributed by atoms with van der Waals surface area (Å²) in [5.41, 5.74) is -0.175. The van der Waals surface area contributed by atoms with Crippen LogP contribution in [0.2, 0.25) is 10.0 Å². The van der Waals surface area contributed by atoms with E-state index in [-0.39, 0.29) is 36.0 Å². The molecule has 1 aliphatic rings. The second-order valence-electron chi connectivity index (χ2n) is 17.6. The lowest BCUT2D eigenvalue weighted by Gasteiger charge is -2.50. The van der Waals surface area contributed by atoms with Crippen LogP contribution in [-0.4, -0.2) is 113 Å². The van der Waals surface area contributed by atoms with Crippen molar-refractivity contribution in [3.8, 4) is 22.8 Å². The van der Waals surface area contributed by atoms with Crippen molar-refractivity contribution in [2.45, 2.75) is 89.7 Å². The molecule has 4 aromatic rings. The summed E-state index contributed by atoms with van der Waals surface area (Å²) in [5, 5.41) is 6.73. The first kappa shape index (κ1) is 48.3. The molecule has 1 saturated heterocycles. The zero-order chi connectivity index (χ0) is 45.6. The summed E-state index contributed by atoms with van der Waals surface area (Å²) >= 11 is 12.5. The van der Waals surface area contributed by atoms with Crippen molar-refractivity contribution >= 4 is 41.1 Å². The number of rotatable bonds is 16. The Hall–Kier alpha value is -4.73. The molecule has 1 unspecified atom stereocenters. The van der Waals surface area contributed by atoms with Gasteiger partial charge in [0.25, 0.3) is 5.91 Å². The number of likely N-dealkylation sites (tertiary alicyclic amines) is 1. The van der Waals surface area contributed by atoms with E-state index in [0.29, 0.717) is 43.1 Å². The molecule has 0 aliphatic carbocycles. The Balaban J connectivity index is 1.31. The Morgan fingerprint density at radius 1 is 1.00 bits per heavy atom. The number of methoxy groups -OCH3 is 1. The van der Waals surface area contributed by atoms with Crippen molar-refractivity contribution in [3.63, 3.8) is 0 Å². The van der Waals surface area contributed by atoms with Crippen LogP contribution in [0.4, 0.5) is 9.18 Å². The number of hydrogen-bond acceptors (Lipinski definition) is 9. The average molecular weight is 897 g/mol. The molecule has 13 nitrogen and oxygen atoms in total. The SMILES string of the molecule is COCC(C)(NC(=O)[C@H](C)NCc1c(F)cc(Cl)cc1Oc1ccc(-c2cnc(CN(C)C)n2C)cc1)C(=O)N(C)[C@@]1(Cc2ccc(Cl)cc2)CCCN(C(=O)OC(C)(C)C)C1. The zero-order valence-corrected chi connectivity index (χ0v) is 38.9. The number of benzene rings is 3. The Morgan fingerprint density at radius 2 is 1.68 bits per heavy atom. The van der Waals surface area contributed by atoms with Crippen molar-refractivity contribution in [1.29, 1.82) is 0 Å². The van der Waals surface area contributed by atoms with Gasteiger partial charge in [0.1, 0.15) is 34.3 Å². The van der Waals surface area contributed by atoms with Gasteiger partial charge in [-0.3, -0.25) is 9.59 Å². The predicted octanol–water partition coefficient (Wildman–Crippen LogP) is 7.86. The molecule has 62 heavy (non-hydrogen) atoms. The van der Waals surface area contributed by atoms with Gasteiger partial charge in [0, 0.05) is 62.0 Å². The van der Waals surface area contributed by atoms with E-state index < -0.39 is 46.4 Å². The summed E-state index contributed by atoms with van der Waals surface area (Å²) in [5.74, 6) is 0.00520. The third-order valence-corrected chi connectivity index (χ3v) is 11.5. The molecule has 2 N–H and O–H groups in total. The molecule has 2 heterocycles. The lowest BCUT2D eigenvalue weighted by molar-refractivity contribution is -0.150. The zero-order valence-electron chi connectivity index (χ0n) is 37.4. The minimum atomic E-state index is -1.53. The fraction of sp³-hybridized carbons (Fsp3) is 0.478. The van der Waals surface area contributed by atoms with Gasteiger partial charge < -0.3 is 44.1 Å². The summed E-state index contributed by atoms with van der Waals surface area (Å²) in [6, 6.07) is 16.6. The fourth-order valence-electron chi connectivity index (χ4n) is 7.68. The van der Waals surface area contributed by atoms with E-state index >= 15 is 4.39 Å². The maximum atomic E-state index is 15.6. The van der Waals surface area contributed by atoms with E-state index in [1.165, 1.54) is 19.2 Å². The molecule has 16 heteroatoms. The molecule has 0 bridgehead atoms. The minimum Gasteiger partial charge on any atom is -0.457 e. The summed E-state index contributed by atoms with van der Waals surface area (Å²) in [7, 11) is 9.09. The molecule has 1 aliphatic heterocycles. The average Bonchev–Trinajstić information content (AvgIpc) is 3.55. The summed E-state index contributed by atoms with van der Waals surface area (Å²) in [6.07, 6.45) is 2.95. The molecule has 336 valence electrons. The monoisotopic (exact) mass is 895 g/mol. The number of amides is 3. The highest BCUT2D eigenvalue weighted by Crippen LogP contribution is 2.35. The number of nitrogens with one attached hydrogen (secondary N) is 2. The second kappa shape index (κ2) is 20.2. The second-order valence-corrected chi connectivity index (χ2v) is 18.5. The number of aromatic nitrogens is 2. The largest absolute Gasteiger partial charge is 0.457 e. The van der Waals surface area contributed by atoms with Gasteiger partial charge in [-0.2, -0.15) is 0 Å². The number of likely N-dealkylation sites (N-methyl/N-ethyl adjacent to an activating group) is 1. The van der Waals surface area contributed by atoms with Crippen molar-refractivity contribution < 1.29 is 33.0 Å². The molecule has 0 spiro atoms. The van der Waals surface area contributed by atoms with E-state index in [1.54, 1.807) is 55.0 Å². The smallest absolute Gasteiger partial charge is 0.410 e. The van der Waals surface area contributed by atoms with Crippen LogP contribution >= 0.6 is 23.2 Å². The normalized spacial score (nSPS) is 17.0. The first-order chi connectivity index (χ1) is 29.1. The van der Waals surface area contributed by atoms with Crippen LogP contribution in [-0.2, 0) is 45.6 Å². The minimum absolute atomic E-state index is 0.103. The maximum Gasteiger partial charge on any atom is 0.410 e. The van der Waals surface area contributed by atoms with Gasteiger partial charge in [-0.1, -0.05) is 35.3 Å². The van der Waals surface area contributed by atoms with E-state index in [2.05, 4.69) is 15.6 Å². The van der Waals surface area contributed by atoms with Crippen molar-refractivity contribution in [1.82, 2.24) is 34.9 Å². The van der Waals surface area contributed by atoms with Crippen LogP contribution in [0, 0.1) is 5.82 Å². The van der Waals surface area contributed by atoms with E-state index in [1.807, 2.05) is 81.8 Å². The third kappa shape index (κ3) is 12.0. The van der Waals surface area contributed by atoms with Gasteiger partial charge >= 0.3 is 6.09 Å². The Kier molecular flexibility index (Phi) is 15.7. The quantitative estimate of drug-likeness (QED) is 0.116. The molecule has 1 fully saturated rings. The summed E-state index contributed by atoms with van der Waals surface area (Å²) < 4.78 is 35.1. The van der Waals surface area contributed by atoms with Gasteiger partial charge in [0.15, 0.2) is 0 Å². The fourth-order valence-corrected chi connectivity index (χ4v) is 8.00. The molecule has 3 amide bonds. The van der Waals surface area contributed by atoms with Crippen LogP contribution in [0.1, 0.15) is 64.4 Å². The molecule has 0 radical (unpaired) electrons. The third-order valence-electron chi connectivity index (χ3n) is 11.0. The number of nitrogens with zero attached hydrogens (tertiary/aromatic N) is 5. The molecular weight excluding hydrogens is 836 g/mol. The van der Waals surface area contributed by atoms with Gasteiger partial charge in [-0.25, -0.2) is 14.2 Å². The van der Waals surface area contributed by atoms with E-state index in [0.717, 1.165) is 22.6 Å². The maximum absolute atomic E-state index is 15.6. The number of hydrogen-bond donors (Lipinski definition) is 2. The number of carbonyl (C=O) groups excluding carboxylic acids is 3. The Morgan fingerprint density at radius 3 is 2.31 bits per heavy atom. The topological polar surface area (TPSA) is 130 Å². The molecule has 3 atom stereocenters. The lowest BCUT2D eigenvalue weighted by atomic mass is 9.80. The van der Waals surface area contributed by atoms with Gasteiger partial charge in [-0.05, 0) is 122 Å². The van der Waals surface area contributed by atoms with Crippen LogP contribution in [0.25, 0.3) is 11.3 Å². The van der Waals surface area contributed by atoms with E-state index in [4.69, 9.17) is 37.4 Å². The number of carbonyl (C=O) groups is 3. The highest BCUT2D eigenvalue weighted by Gasteiger charge is 2.48. The standard InChI is InChI=1S/C46H60Cl2FN7O6/c1-30(50-25-36-37(49)22-34(48)23-39(36)61-35-18-14-32(15-19-35)38-26-51-40(54(38)8)27-53(6)7)41(57)52-45(5,29-60-10)42(58)55(9)46(24-31-12-16-33(47)17-13-31)20-11-21-56(28-46)43(59)62-44(2,3)4/h12-19,22-23,26,30,50H,11,20-21,24-25,27-29H2,1-10H3,(H,52,57)/t30-,45?,46+/m0/s1. The number of imidazole rings is 1. The number of ether oxygens (including phenoxy) is 3. The summed E-state index contributed by atoms with van der Waals surface area (Å²) in [6.45, 7) is 9.76. The summed E-state index contributed by atoms with van der Waals surface area (Å²) in [4.78, 5) is 52.0.